The highest BCUT2D eigenvalue weighted by atomic mass is 19.3. The molecule has 0 amide bonds. The van der Waals surface area contributed by atoms with Gasteiger partial charge in [0.15, 0.2) is 0 Å². The Morgan fingerprint density at radius 1 is 1.53 bits per heavy atom. The third kappa shape index (κ3) is 3.13. The molecule has 1 aromatic heterocycles. The molecule has 0 radical (unpaired) electrons. The lowest BCUT2D eigenvalue weighted by atomic mass is 10.3. The largest absolute Gasteiger partial charge is 0.338 e. The molecule has 0 fully saturated rings. The first-order valence-electron chi connectivity index (χ1n) is 4.28. The normalized spacial score (nSPS) is 10.1. The van der Waals surface area contributed by atoms with E-state index in [1.54, 1.807) is 6.92 Å². The van der Waals surface area contributed by atoms with Crippen LogP contribution in [-0.4, -0.2) is 30.0 Å². The Labute approximate surface area is 86.2 Å². The molecule has 0 aliphatic heterocycles. The van der Waals surface area contributed by atoms with Crippen molar-refractivity contribution in [2.45, 2.75) is 13.3 Å². The minimum absolute atomic E-state index is 0.145. The van der Waals surface area contributed by atoms with E-state index in [-0.39, 0.29) is 11.6 Å². The van der Waals surface area contributed by atoms with Gasteiger partial charge in [0.25, 0.3) is 6.43 Å². The van der Waals surface area contributed by atoms with Crippen LogP contribution >= 0.6 is 0 Å². The van der Waals surface area contributed by atoms with Crippen molar-refractivity contribution in [3.63, 3.8) is 0 Å². The minimum Gasteiger partial charge on any atom is -0.338 e. The van der Waals surface area contributed by atoms with Gasteiger partial charge in [-0.2, -0.15) is 5.26 Å². The second-order valence-electron chi connectivity index (χ2n) is 3.08. The molecule has 0 spiro atoms. The zero-order valence-electron chi connectivity index (χ0n) is 8.41. The maximum absolute atomic E-state index is 12.1. The van der Waals surface area contributed by atoms with Crippen molar-refractivity contribution in [2.75, 3.05) is 18.5 Å². The van der Waals surface area contributed by atoms with E-state index in [1.807, 2.05) is 6.07 Å². The van der Waals surface area contributed by atoms with Crippen LogP contribution in [-0.2, 0) is 0 Å². The van der Waals surface area contributed by atoms with Gasteiger partial charge in [-0.3, -0.25) is 0 Å². The third-order valence-electron chi connectivity index (χ3n) is 1.71. The molecule has 0 unspecified atom stereocenters. The predicted octanol–water partition coefficient (Wildman–Crippen LogP) is 1.36. The Morgan fingerprint density at radius 2 is 2.20 bits per heavy atom. The van der Waals surface area contributed by atoms with Crippen LogP contribution < -0.4 is 4.90 Å². The van der Waals surface area contributed by atoms with Crippen molar-refractivity contribution in [2.24, 2.45) is 0 Å². The van der Waals surface area contributed by atoms with Crippen LogP contribution in [0.25, 0.3) is 0 Å². The molecule has 0 N–H and O–H groups in total. The molecule has 0 aliphatic rings. The van der Waals surface area contributed by atoms with Gasteiger partial charge >= 0.3 is 0 Å². The average Bonchev–Trinajstić information content (AvgIpc) is 2.15. The highest BCUT2D eigenvalue weighted by Gasteiger charge is 2.12. The molecule has 0 aromatic carbocycles. The molecule has 1 heterocycles. The molecule has 15 heavy (non-hydrogen) atoms. The molecule has 1 rings (SSSR count). The quantitative estimate of drug-likeness (QED) is 0.759. The molecule has 6 heteroatoms. The lowest BCUT2D eigenvalue weighted by molar-refractivity contribution is 0.156. The van der Waals surface area contributed by atoms with Crippen LogP contribution in [0, 0.1) is 18.3 Å². The second kappa shape index (κ2) is 4.64. The van der Waals surface area contributed by atoms with Crippen LogP contribution in [0.3, 0.4) is 0 Å². The summed E-state index contributed by atoms with van der Waals surface area (Å²) in [4.78, 5) is 9.01. The summed E-state index contributed by atoms with van der Waals surface area (Å²) in [5.74, 6) is 0.145. The lowest BCUT2D eigenvalue weighted by Gasteiger charge is -2.16. The van der Waals surface area contributed by atoms with Crippen LogP contribution in [0.2, 0.25) is 0 Å². The van der Waals surface area contributed by atoms with Crippen molar-refractivity contribution in [3.8, 4) is 6.07 Å². The van der Waals surface area contributed by atoms with E-state index in [0.717, 1.165) is 0 Å². The number of anilines is 1. The van der Waals surface area contributed by atoms with Gasteiger partial charge in [-0.1, -0.05) is 0 Å². The maximum atomic E-state index is 12.1. The number of aryl methyl sites for hydroxylation is 1. The monoisotopic (exact) mass is 212 g/mol. The third-order valence-corrected chi connectivity index (χ3v) is 1.71. The molecule has 0 saturated carbocycles. The van der Waals surface area contributed by atoms with Gasteiger partial charge in [-0.15, -0.1) is 0 Å². The van der Waals surface area contributed by atoms with E-state index in [0.29, 0.717) is 5.69 Å². The maximum Gasteiger partial charge on any atom is 0.255 e. The summed E-state index contributed by atoms with van der Waals surface area (Å²) < 4.78 is 24.2. The van der Waals surface area contributed by atoms with E-state index >= 15 is 0 Å². The number of alkyl halides is 2. The fourth-order valence-corrected chi connectivity index (χ4v) is 1.07. The van der Waals surface area contributed by atoms with Gasteiger partial charge < -0.3 is 4.90 Å². The van der Waals surface area contributed by atoms with Crippen LogP contribution in [0.1, 0.15) is 11.4 Å². The summed E-state index contributed by atoms with van der Waals surface area (Å²) in [5.41, 5.74) is 0.760. The number of rotatable bonds is 3. The molecular formula is C9H10F2N4. The fourth-order valence-electron chi connectivity index (χ4n) is 1.07. The molecular weight excluding hydrogens is 202 g/mol. The summed E-state index contributed by atoms with van der Waals surface area (Å²) in [7, 11) is 1.46. The van der Waals surface area contributed by atoms with Gasteiger partial charge in [0, 0.05) is 12.7 Å². The Bertz CT molecular complexity index is 386. The molecule has 0 aliphatic carbocycles. The number of hydrogen-bond donors (Lipinski definition) is 0. The number of nitriles is 1. The van der Waals surface area contributed by atoms with Gasteiger partial charge in [0.1, 0.15) is 11.8 Å². The van der Waals surface area contributed by atoms with Crippen molar-refractivity contribution < 1.29 is 8.78 Å². The topological polar surface area (TPSA) is 52.8 Å². The van der Waals surface area contributed by atoms with Gasteiger partial charge in [0.05, 0.1) is 6.54 Å². The summed E-state index contributed by atoms with van der Waals surface area (Å²) in [6, 6.07) is 3.35. The van der Waals surface area contributed by atoms with Crippen molar-refractivity contribution >= 4 is 5.95 Å². The van der Waals surface area contributed by atoms with Gasteiger partial charge in [0.2, 0.25) is 5.95 Å². The number of aromatic nitrogens is 2. The molecule has 80 valence electrons. The molecule has 1 aromatic rings. The molecule has 4 nitrogen and oxygen atoms in total. The van der Waals surface area contributed by atoms with E-state index in [9.17, 15) is 8.78 Å². The minimum atomic E-state index is -2.45. The van der Waals surface area contributed by atoms with Crippen LogP contribution in [0.5, 0.6) is 0 Å². The van der Waals surface area contributed by atoms with E-state index in [2.05, 4.69) is 9.97 Å². The standard InChI is InChI=1S/C9H10F2N4/c1-6-3-7(4-12)14-9(13-6)15(2)5-8(10)11/h3,8H,5H2,1-2H3. The van der Waals surface area contributed by atoms with E-state index < -0.39 is 13.0 Å². The highest BCUT2D eigenvalue weighted by molar-refractivity contribution is 5.35. The second-order valence-corrected chi connectivity index (χ2v) is 3.08. The predicted molar refractivity (Wildman–Crippen MR) is 50.8 cm³/mol. The molecule has 0 atom stereocenters. The first-order valence-corrected chi connectivity index (χ1v) is 4.28. The number of hydrogen-bond acceptors (Lipinski definition) is 4. The van der Waals surface area contributed by atoms with Crippen molar-refractivity contribution in [1.29, 1.82) is 5.26 Å². The summed E-state index contributed by atoms with van der Waals surface area (Å²) >= 11 is 0. The Morgan fingerprint density at radius 3 is 2.73 bits per heavy atom. The van der Waals surface area contributed by atoms with Crippen LogP contribution in [0.4, 0.5) is 14.7 Å². The summed E-state index contributed by atoms with van der Waals surface area (Å²) in [6.45, 7) is 1.23. The average molecular weight is 212 g/mol. The Balaban J connectivity index is 2.94. The van der Waals surface area contributed by atoms with E-state index in [4.69, 9.17) is 5.26 Å². The van der Waals surface area contributed by atoms with E-state index in [1.165, 1.54) is 18.0 Å². The zero-order chi connectivity index (χ0) is 11.4. The Hall–Kier alpha value is -1.77. The van der Waals surface area contributed by atoms with Gasteiger partial charge in [-0.25, -0.2) is 18.7 Å². The van der Waals surface area contributed by atoms with Crippen molar-refractivity contribution in [3.05, 3.63) is 17.5 Å². The number of halogens is 2. The fraction of sp³-hybridized carbons (Fsp3) is 0.444. The summed E-state index contributed by atoms with van der Waals surface area (Å²) in [5, 5.41) is 8.64. The SMILES string of the molecule is Cc1cc(C#N)nc(N(C)CC(F)F)n1. The summed E-state index contributed by atoms with van der Waals surface area (Å²) in [6.07, 6.45) is -2.45. The zero-order valence-corrected chi connectivity index (χ0v) is 8.41. The molecule has 0 bridgehead atoms. The first kappa shape index (κ1) is 11.3. The Kier molecular flexibility index (Phi) is 3.50. The number of nitrogens with zero attached hydrogens (tertiary/aromatic N) is 4. The van der Waals surface area contributed by atoms with Crippen LogP contribution in [0.15, 0.2) is 6.07 Å². The highest BCUT2D eigenvalue weighted by Crippen LogP contribution is 2.09. The smallest absolute Gasteiger partial charge is 0.255 e. The van der Waals surface area contributed by atoms with Crippen molar-refractivity contribution in [1.82, 2.24) is 9.97 Å². The molecule has 0 saturated heterocycles. The first-order chi connectivity index (χ1) is 7.02. The van der Waals surface area contributed by atoms with Gasteiger partial charge in [-0.05, 0) is 13.0 Å². The lowest BCUT2D eigenvalue weighted by Crippen LogP contribution is -2.26.